The van der Waals surface area contributed by atoms with Crippen molar-refractivity contribution in [3.05, 3.63) is 0 Å². The van der Waals surface area contributed by atoms with Crippen LogP contribution < -0.4 is 0 Å². The first-order valence-corrected chi connectivity index (χ1v) is 8.15. The molecule has 0 N–H and O–H groups in total. The van der Waals surface area contributed by atoms with Crippen LogP contribution in [0.5, 0.6) is 0 Å². The molecular weight excluding hydrogens is 252 g/mol. The first-order valence-electron chi connectivity index (χ1n) is 8.15. The Morgan fingerprint density at radius 2 is 0.950 bits per heavy atom. The van der Waals surface area contributed by atoms with Crippen molar-refractivity contribution >= 4 is 11.8 Å². The second kappa shape index (κ2) is 7.09. The van der Waals surface area contributed by atoms with E-state index in [0.717, 1.165) is 25.7 Å². The van der Waals surface area contributed by atoms with Crippen molar-refractivity contribution in [2.24, 2.45) is 0 Å². The summed E-state index contributed by atoms with van der Waals surface area (Å²) >= 11 is 0. The Hall–Kier alpha value is -1.06. The highest BCUT2D eigenvalue weighted by molar-refractivity contribution is 6.34. The highest BCUT2D eigenvalue weighted by Gasteiger charge is 2.31. The van der Waals surface area contributed by atoms with Crippen molar-refractivity contribution in [2.75, 3.05) is 14.1 Å². The van der Waals surface area contributed by atoms with Gasteiger partial charge in [-0.25, -0.2) is 0 Å². The number of carbonyl (C=O) groups excluding carboxylic acids is 2. The Labute approximate surface area is 122 Å². The summed E-state index contributed by atoms with van der Waals surface area (Å²) in [6, 6.07) is 0.528. The third kappa shape index (κ3) is 3.53. The minimum atomic E-state index is -0.315. The lowest BCUT2D eigenvalue weighted by atomic mass is 9.93. The monoisotopic (exact) mass is 280 g/mol. The van der Waals surface area contributed by atoms with Gasteiger partial charge in [0.2, 0.25) is 0 Å². The molecule has 0 aromatic carbocycles. The zero-order chi connectivity index (χ0) is 14.5. The molecule has 4 heteroatoms. The van der Waals surface area contributed by atoms with Crippen molar-refractivity contribution in [1.29, 1.82) is 0 Å². The van der Waals surface area contributed by atoms with E-state index in [-0.39, 0.29) is 23.9 Å². The van der Waals surface area contributed by atoms with E-state index in [9.17, 15) is 9.59 Å². The third-order valence-electron chi connectivity index (χ3n) is 5.07. The van der Waals surface area contributed by atoms with Crippen LogP contribution in [0.4, 0.5) is 0 Å². The summed E-state index contributed by atoms with van der Waals surface area (Å²) in [7, 11) is 3.59. The molecule has 2 aliphatic carbocycles. The fraction of sp³-hybridized carbons (Fsp3) is 0.875. The predicted octanol–water partition coefficient (Wildman–Crippen LogP) is 2.57. The predicted molar refractivity (Wildman–Crippen MR) is 79.3 cm³/mol. The van der Waals surface area contributed by atoms with Gasteiger partial charge in [-0.15, -0.1) is 0 Å². The fourth-order valence-electron chi connectivity index (χ4n) is 3.57. The van der Waals surface area contributed by atoms with E-state index in [1.165, 1.54) is 38.5 Å². The Kier molecular flexibility index (Phi) is 5.44. The molecule has 2 aliphatic rings. The molecule has 0 saturated heterocycles. The molecule has 0 aromatic rings. The highest BCUT2D eigenvalue weighted by atomic mass is 16.2. The third-order valence-corrected chi connectivity index (χ3v) is 5.07. The van der Waals surface area contributed by atoms with Crippen LogP contribution in [-0.4, -0.2) is 47.8 Å². The number of rotatable bonds is 2. The molecule has 0 unspecified atom stereocenters. The van der Waals surface area contributed by atoms with Gasteiger partial charge in [-0.1, -0.05) is 38.5 Å². The molecule has 0 spiro atoms. The molecule has 0 aliphatic heterocycles. The maximum atomic E-state index is 12.4. The standard InChI is InChI=1S/C16H28N2O2/c1-17(13-9-5-3-6-10-13)15(19)16(20)18(2)14-11-7-4-8-12-14/h13-14H,3-12H2,1-2H3. The van der Waals surface area contributed by atoms with Gasteiger partial charge in [0.1, 0.15) is 0 Å². The van der Waals surface area contributed by atoms with E-state index in [1.54, 1.807) is 23.9 Å². The van der Waals surface area contributed by atoms with Crippen LogP contribution in [0, 0.1) is 0 Å². The number of likely N-dealkylation sites (N-methyl/N-ethyl adjacent to an activating group) is 2. The average molecular weight is 280 g/mol. The molecule has 0 aromatic heterocycles. The molecule has 2 amide bonds. The largest absolute Gasteiger partial charge is 0.335 e. The van der Waals surface area contributed by atoms with Crippen LogP contribution in [-0.2, 0) is 9.59 Å². The van der Waals surface area contributed by atoms with Crippen LogP contribution >= 0.6 is 0 Å². The number of nitrogens with zero attached hydrogens (tertiary/aromatic N) is 2. The molecule has 0 heterocycles. The second-order valence-corrected chi connectivity index (χ2v) is 6.42. The SMILES string of the molecule is CN(C(=O)C(=O)N(C)C1CCCCC1)C1CCCCC1. The summed E-state index contributed by atoms with van der Waals surface area (Å²) in [6.45, 7) is 0. The smallest absolute Gasteiger partial charge is 0.312 e. The molecule has 2 saturated carbocycles. The molecule has 2 fully saturated rings. The zero-order valence-corrected chi connectivity index (χ0v) is 12.9. The van der Waals surface area contributed by atoms with E-state index >= 15 is 0 Å². The summed E-state index contributed by atoms with van der Waals surface area (Å²) in [5.41, 5.74) is 0. The molecule has 0 bridgehead atoms. The van der Waals surface area contributed by atoms with Gasteiger partial charge in [0.25, 0.3) is 0 Å². The molecule has 4 nitrogen and oxygen atoms in total. The molecule has 20 heavy (non-hydrogen) atoms. The van der Waals surface area contributed by atoms with E-state index < -0.39 is 0 Å². The normalized spacial score (nSPS) is 21.5. The van der Waals surface area contributed by atoms with E-state index in [4.69, 9.17) is 0 Å². The fourth-order valence-corrected chi connectivity index (χ4v) is 3.57. The lowest BCUT2D eigenvalue weighted by molar-refractivity contribution is -0.153. The molecular formula is C16H28N2O2. The summed E-state index contributed by atoms with van der Waals surface area (Å²) in [5.74, 6) is -0.630. The van der Waals surface area contributed by atoms with Gasteiger partial charge in [-0.3, -0.25) is 9.59 Å². The molecule has 0 radical (unpaired) electrons. The minimum Gasteiger partial charge on any atom is -0.335 e. The average Bonchev–Trinajstić information content (AvgIpc) is 2.53. The Balaban J connectivity index is 1.91. The van der Waals surface area contributed by atoms with E-state index in [2.05, 4.69) is 0 Å². The Bertz CT molecular complexity index is 310. The maximum absolute atomic E-state index is 12.4. The molecule has 114 valence electrons. The lowest BCUT2D eigenvalue weighted by Gasteiger charge is -2.34. The highest BCUT2D eigenvalue weighted by Crippen LogP contribution is 2.24. The topological polar surface area (TPSA) is 40.6 Å². The summed E-state index contributed by atoms with van der Waals surface area (Å²) in [6.07, 6.45) is 11.4. The van der Waals surface area contributed by atoms with Gasteiger partial charge in [-0.2, -0.15) is 0 Å². The molecule has 2 rings (SSSR count). The van der Waals surface area contributed by atoms with Crippen molar-refractivity contribution in [3.63, 3.8) is 0 Å². The quantitative estimate of drug-likeness (QED) is 0.729. The first kappa shape index (κ1) is 15.3. The van der Waals surface area contributed by atoms with Gasteiger partial charge < -0.3 is 9.80 Å². The number of hydrogen-bond donors (Lipinski definition) is 0. The van der Waals surface area contributed by atoms with E-state index in [1.807, 2.05) is 0 Å². The van der Waals surface area contributed by atoms with Crippen molar-refractivity contribution in [2.45, 2.75) is 76.3 Å². The van der Waals surface area contributed by atoms with Crippen LogP contribution in [0.3, 0.4) is 0 Å². The van der Waals surface area contributed by atoms with Gasteiger partial charge in [0, 0.05) is 26.2 Å². The summed E-state index contributed by atoms with van der Waals surface area (Å²) in [4.78, 5) is 28.1. The Morgan fingerprint density at radius 1 is 0.650 bits per heavy atom. The van der Waals surface area contributed by atoms with Crippen molar-refractivity contribution in [3.8, 4) is 0 Å². The molecule has 0 atom stereocenters. The maximum Gasteiger partial charge on any atom is 0.312 e. The number of hydrogen-bond acceptors (Lipinski definition) is 2. The first-order chi connectivity index (χ1) is 9.61. The van der Waals surface area contributed by atoms with Crippen LogP contribution in [0.25, 0.3) is 0 Å². The second-order valence-electron chi connectivity index (χ2n) is 6.42. The number of amides is 2. The van der Waals surface area contributed by atoms with Crippen LogP contribution in [0.2, 0.25) is 0 Å². The Morgan fingerprint density at radius 3 is 1.25 bits per heavy atom. The number of carbonyl (C=O) groups is 2. The van der Waals surface area contributed by atoms with Crippen LogP contribution in [0.1, 0.15) is 64.2 Å². The van der Waals surface area contributed by atoms with Crippen molar-refractivity contribution < 1.29 is 9.59 Å². The minimum absolute atomic E-state index is 0.264. The van der Waals surface area contributed by atoms with E-state index in [0.29, 0.717) is 0 Å². The van der Waals surface area contributed by atoms with Gasteiger partial charge >= 0.3 is 11.8 Å². The van der Waals surface area contributed by atoms with Crippen molar-refractivity contribution in [1.82, 2.24) is 9.80 Å². The summed E-state index contributed by atoms with van der Waals surface area (Å²) < 4.78 is 0. The van der Waals surface area contributed by atoms with Crippen LogP contribution in [0.15, 0.2) is 0 Å². The van der Waals surface area contributed by atoms with Gasteiger partial charge in [0.05, 0.1) is 0 Å². The lowest BCUT2D eigenvalue weighted by Crippen LogP contribution is -2.49. The zero-order valence-electron chi connectivity index (χ0n) is 12.9. The van der Waals surface area contributed by atoms with Gasteiger partial charge in [0.15, 0.2) is 0 Å². The van der Waals surface area contributed by atoms with Gasteiger partial charge in [-0.05, 0) is 25.7 Å². The summed E-state index contributed by atoms with van der Waals surface area (Å²) in [5, 5.41) is 0.